The third-order valence-electron chi connectivity index (χ3n) is 1.45. The zero-order chi connectivity index (χ0) is 12.5. The highest BCUT2D eigenvalue weighted by Gasteiger charge is 2.27. The highest BCUT2D eigenvalue weighted by Crippen LogP contribution is 2.08. The molecule has 0 heterocycles. The molecule has 0 aliphatic heterocycles. The van der Waals surface area contributed by atoms with Gasteiger partial charge in [0.25, 0.3) is 0 Å². The van der Waals surface area contributed by atoms with E-state index in [0.29, 0.717) is 0 Å². The zero-order valence-electron chi connectivity index (χ0n) is 9.26. The Morgan fingerprint density at radius 1 is 1.20 bits per heavy atom. The molecule has 8 heteroatoms. The van der Waals surface area contributed by atoms with Gasteiger partial charge in [-0.15, -0.1) is 0 Å². The zero-order valence-corrected chi connectivity index (χ0v) is 10.9. The second-order valence-corrected chi connectivity index (χ2v) is 8.81. The SMILES string of the molecule is CN(CC(C)(C)O)S(=O)(=O)CS(C)(=O)=O. The molecule has 1 N–H and O–H groups in total. The molecule has 0 amide bonds. The molecule has 0 bridgehead atoms. The lowest BCUT2D eigenvalue weighted by molar-refractivity contribution is 0.0641. The summed E-state index contributed by atoms with van der Waals surface area (Å²) in [5.74, 6) is 0. The first-order valence-corrected chi connectivity index (χ1v) is 7.85. The molecule has 0 saturated carbocycles. The minimum atomic E-state index is -3.87. The van der Waals surface area contributed by atoms with Crippen LogP contribution in [-0.4, -0.2) is 56.8 Å². The highest BCUT2D eigenvalue weighted by molar-refractivity contribution is 8.06. The maximum absolute atomic E-state index is 11.5. The van der Waals surface area contributed by atoms with E-state index in [1.165, 1.54) is 20.9 Å². The van der Waals surface area contributed by atoms with Gasteiger partial charge in [0.2, 0.25) is 10.0 Å². The molecule has 0 radical (unpaired) electrons. The predicted octanol–water partition coefficient (Wildman–Crippen LogP) is -0.979. The summed E-state index contributed by atoms with van der Waals surface area (Å²) in [5.41, 5.74) is -1.20. The Kier molecular flexibility index (Phi) is 4.31. The van der Waals surface area contributed by atoms with E-state index in [1.807, 2.05) is 0 Å². The van der Waals surface area contributed by atoms with Gasteiger partial charge in [-0.25, -0.2) is 21.1 Å². The van der Waals surface area contributed by atoms with Crippen LogP contribution in [-0.2, 0) is 19.9 Å². The molecule has 15 heavy (non-hydrogen) atoms. The van der Waals surface area contributed by atoms with Gasteiger partial charge in [0.1, 0.15) is 0 Å². The van der Waals surface area contributed by atoms with E-state index in [9.17, 15) is 21.9 Å². The van der Waals surface area contributed by atoms with Crippen LogP contribution in [0.2, 0.25) is 0 Å². The monoisotopic (exact) mass is 259 g/mol. The summed E-state index contributed by atoms with van der Waals surface area (Å²) in [6.07, 6.45) is 0.850. The van der Waals surface area contributed by atoms with Crippen molar-refractivity contribution in [2.75, 3.05) is 24.9 Å². The van der Waals surface area contributed by atoms with Crippen molar-refractivity contribution in [3.8, 4) is 0 Å². The molecule has 0 atom stereocenters. The van der Waals surface area contributed by atoms with Gasteiger partial charge in [-0.05, 0) is 13.8 Å². The van der Waals surface area contributed by atoms with Crippen molar-refractivity contribution in [2.24, 2.45) is 0 Å². The van der Waals surface area contributed by atoms with E-state index in [2.05, 4.69) is 0 Å². The molecule has 0 fully saturated rings. The molecule has 6 nitrogen and oxygen atoms in total. The fraction of sp³-hybridized carbons (Fsp3) is 1.00. The van der Waals surface area contributed by atoms with E-state index < -0.39 is 30.5 Å². The summed E-state index contributed by atoms with van der Waals surface area (Å²) in [4.78, 5) is 0. The van der Waals surface area contributed by atoms with Gasteiger partial charge in [0.15, 0.2) is 14.9 Å². The second-order valence-electron chi connectivity index (χ2n) is 4.22. The average molecular weight is 259 g/mol. The molecular formula is C7H17NO5S2. The smallest absolute Gasteiger partial charge is 0.228 e. The first-order valence-electron chi connectivity index (χ1n) is 4.18. The fourth-order valence-corrected chi connectivity index (χ4v) is 4.40. The number of aliphatic hydroxyl groups is 1. The Hall–Kier alpha value is -0.180. The molecule has 0 rings (SSSR count). The van der Waals surface area contributed by atoms with Crippen LogP contribution in [0.5, 0.6) is 0 Å². The third-order valence-corrected chi connectivity index (χ3v) is 5.43. The normalized spacial score (nSPS) is 14.5. The van der Waals surface area contributed by atoms with Crippen LogP contribution in [0.25, 0.3) is 0 Å². The van der Waals surface area contributed by atoms with Crippen molar-refractivity contribution in [1.82, 2.24) is 4.31 Å². The minimum absolute atomic E-state index is 0.148. The molecule has 0 aromatic heterocycles. The van der Waals surface area contributed by atoms with Crippen LogP contribution in [0.1, 0.15) is 13.8 Å². The lowest BCUT2D eigenvalue weighted by atomic mass is 10.1. The lowest BCUT2D eigenvalue weighted by Crippen LogP contribution is -2.41. The lowest BCUT2D eigenvalue weighted by Gasteiger charge is -2.24. The summed E-state index contributed by atoms with van der Waals surface area (Å²) in [6.45, 7) is 2.74. The summed E-state index contributed by atoms with van der Waals surface area (Å²) in [5, 5.41) is 8.46. The minimum Gasteiger partial charge on any atom is -0.389 e. The Balaban J connectivity index is 4.77. The van der Waals surface area contributed by atoms with Gasteiger partial charge in [0.05, 0.1) is 5.60 Å². The van der Waals surface area contributed by atoms with Crippen LogP contribution in [0.3, 0.4) is 0 Å². The third kappa shape index (κ3) is 6.82. The van der Waals surface area contributed by atoms with Crippen LogP contribution >= 0.6 is 0 Å². The molecule has 0 spiro atoms. The molecular weight excluding hydrogens is 242 g/mol. The molecule has 92 valence electrons. The van der Waals surface area contributed by atoms with Crippen LogP contribution in [0.15, 0.2) is 0 Å². The van der Waals surface area contributed by atoms with Gasteiger partial charge >= 0.3 is 0 Å². The summed E-state index contributed by atoms with van der Waals surface area (Å²) < 4.78 is 45.5. The number of sulfone groups is 1. The van der Waals surface area contributed by atoms with Gasteiger partial charge in [0, 0.05) is 19.8 Å². The van der Waals surface area contributed by atoms with Crippen LogP contribution < -0.4 is 0 Å². The Labute approximate surface area is 90.9 Å². The van der Waals surface area contributed by atoms with E-state index >= 15 is 0 Å². The van der Waals surface area contributed by atoms with Crippen molar-refractivity contribution in [3.63, 3.8) is 0 Å². The number of nitrogens with zero attached hydrogens (tertiary/aromatic N) is 1. The molecule has 0 aromatic rings. The molecule has 0 aliphatic rings. The first kappa shape index (κ1) is 14.8. The van der Waals surface area contributed by atoms with Gasteiger partial charge in [-0.3, -0.25) is 0 Å². The fourth-order valence-electron chi connectivity index (χ4n) is 1.00. The topological polar surface area (TPSA) is 91.8 Å². The number of likely N-dealkylation sites (N-methyl/N-ethyl adjacent to an activating group) is 1. The van der Waals surface area contributed by atoms with Crippen molar-refractivity contribution in [2.45, 2.75) is 19.4 Å². The average Bonchev–Trinajstić information content (AvgIpc) is 1.75. The van der Waals surface area contributed by atoms with Crippen molar-refractivity contribution in [3.05, 3.63) is 0 Å². The Morgan fingerprint density at radius 3 is 1.87 bits per heavy atom. The van der Waals surface area contributed by atoms with Crippen LogP contribution in [0, 0.1) is 0 Å². The summed E-state index contributed by atoms with van der Waals surface area (Å²) in [6, 6.07) is 0. The van der Waals surface area contributed by atoms with E-state index in [0.717, 1.165) is 10.6 Å². The van der Waals surface area contributed by atoms with Crippen molar-refractivity contribution in [1.29, 1.82) is 0 Å². The Morgan fingerprint density at radius 2 is 1.60 bits per heavy atom. The maximum atomic E-state index is 11.5. The molecule has 0 unspecified atom stereocenters. The van der Waals surface area contributed by atoms with Crippen molar-refractivity contribution >= 4 is 19.9 Å². The van der Waals surface area contributed by atoms with Gasteiger partial charge in [-0.1, -0.05) is 0 Å². The predicted molar refractivity (Wildman–Crippen MR) is 57.6 cm³/mol. The molecule has 0 saturated heterocycles. The Bertz CT molecular complexity index is 403. The number of rotatable bonds is 5. The number of hydrogen-bond donors (Lipinski definition) is 1. The summed E-state index contributed by atoms with van der Waals surface area (Å²) >= 11 is 0. The van der Waals surface area contributed by atoms with Crippen LogP contribution in [0.4, 0.5) is 0 Å². The maximum Gasteiger partial charge on any atom is 0.228 e. The van der Waals surface area contributed by atoms with E-state index in [-0.39, 0.29) is 6.54 Å². The largest absolute Gasteiger partial charge is 0.389 e. The second kappa shape index (κ2) is 4.36. The first-order chi connectivity index (χ1) is 6.33. The summed E-state index contributed by atoms with van der Waals surface area (Å²) in [7, 11) is -6.22. The van der Waals surface area contributed by atoms with Gasteiger partial charge in [-0.2, -0.15) is 0 Å². The van der Waals surface area contributed by atoms with E-state index in [4.69, 9.17) is 0 Å². The number of sulfonamides is 1. The van der Waals surface area contributed by atoms with Crippen molar-refractivity contribution < 1.29 is 21.9 Å². The van der Waals surface area contributed by atoms with E-state index in [1.54, 1.807) is 0 Å². The number of hydrogen-bond acceptors (Lipinski definition) is 5. The standard InChI is InChI=1S/C7H17NO5S2/c1-7(2,9)5-8(3)15(12,13)6-14(4,10)11/h9H,5-6H2,1-4H3. The quantitative estimate of drug-likeness (QED) is 0.685. The van der Waals surface area contributed by atoms with Gasteiger partial charge < -0.3 is 5.11 Å². The highest BCUT2D eigenvalue weighted by atomic mass is 32.3. The molecule has 0 aliphatic carbocycles. The molecule has 0 aromatic carbocycles.